The van der Waals surface area contributed by atoms with Crippen LogP contribution in [0.2, 0.25) is 5.02 Å². The van der Waals surface area contributed by atoms with E-state index in [0.29, 0.717) is 0 Å². The highest BCUT2D eigenvalue weighted by Crippen LogP contribution is 2.29. The molecule has 7 heteroatoms. The lowest BCUT2D eigenvalue weighted by Gasteiger charge is -2.09. The van der Waals surface area contributed by atoms with Gasteiger partial charge in [0.1, 0.15) is 0 Å². The third kappa shape index (κ3) is 2.96. The number of non-ortho nitro benzene ring substituents is 1. The van der Waals surface area contributed by atoms with E-state index in [1.54, 1.807) is 13.0 Å². The fourth-order valence-corrected chi connectivity index (χ4v) is 1.62. The minimum atomic E-state index is -1.18. The summed E-state index contributed by atoms with van der Waals surface area (Å²) in [7, 11) is 0. The smallest absolute Gasteiger partial charge is 0.327 e. The van der Waals surface area contributed by atoms with Crippen molar-refractivity contribution in [3.63, 3.8) is 0 Å². The molecule has 1 aromatic rings. The number of benzene rings is 1. The SMILES string of the molecule is CCOC(=O)C(C#N)c1ccc([N+](=O)[O-])cc1Cl. The molecule has 0 aliphatic heterocycles. The standard InChI is InChI=1S/C11H9ClN2O4/c1-2-18-11(15)9(6-13)8-4-3-7(14(16)17)5-10(8)12/h3-5,9H,2H2,1H3. The zero-order valence-electron chi connectivity index (χ0n) is 9.42. The normalized spacial score (nSPS) is 11.4. The molecule has 0 aliphatic rings. The molecule has 0 N–H and O–H groups in total. The molecular weight excluding hydrogens is 260 g/mol. The average Bonchev–Trinajstić information content (AvgIpc) is 2.32. The van der Waals surface area contributed by atoms with Crippen molar-refractivity contribution in [3.8, 4) is 6.07 Å². The van der Waals surface area contributed by atoms with Gasteiger partial charge in [0.25, 0.3) is 5.69 Å². The number of hydrogen-bond acceptors (Lipinski definition) is 5. The topological polar surface area (TPSA) is 93.2 Å². The number of carbonyl (C=O) groups is 1. The first-order chi connectivity index (χ1) is 8.51. The Morgan fingerprint density at radius 1 is 1.67 bits per heavy atom. The molecule has 0 heterocycles. The summed E-state index contributed by atoms with van der Waals surface area (Å²) in [5.41, 5.74) is -0.00693. The van der Waals surface area contributed by atoms with Crippen LogP contribution in [0.3, 0.4) is 0 Å². The van der Waals surface area contributed by atoms with Crippen molar-refractivity contribution in [2.75, 3.05) is 6.61 Å². The van der Waals surface area contributed by atoms with Gasteiger partial charge in [-0.2, -0.15) is 5.26 Å². The first-order valence-corrected chi connectivity index (χ1v) is 5.39. The van der Waals surface area contributed by atoms with Gasteiger partial charge in [0.15, 0.2) is 5.92 Å². The lowest BCUT2D eigenvalue weighted by Crippen LogP contribution is -2.14. The molecule has 1 atom stereocenters. The van der Waals surface area contributed by atoms with E-state index < -0.39 is 16.8 Å². The van der Waals surface area contributed by atoms with E-state index in [0.717, 1.165) is 6.07 Å². The highest BCUT2D eigenvalue weighted by atomic mass is 35.5. The molecule has 1 rings (SSSR count). The van der Waals surface area contributed by atoms with Crippen LogP contribution in [0.25, 0.3) is 0 Å². The van der Waals surface area contributed by atoms with Crippen molar-refractivity contribution in [2.45, 2.75) is 12.8 Å². The zero-order valence-corrected chi connectivity index (χ0v) is 10.2. The monoisotopic (exact) mass is 268 g/mol. The number of nitro groups is 1. The van der Waals surface area contributed by atoms with Gasteiger partial charge < -0.3 is 4.74 Å². The molecule has 0 amide bonds. The summed E-state index contributed by atoms with van der Waals surface area (Å²) in [6.45, 7) is 1.76. The summed E-state index contributed by atoms with van der Waals surface area (Å²) in [5.74, 6) is -1.91. The van der Waals surface area contributed by atoms with E-state index in [1.807, 2.05) is 0 Å². The van der Waals surface area contributed by atoms with Crippen LogP contribution in [-0.2, 0) is 9.53 Å². The second-order valence-corrected chi connectivity index (χ2v) is 3.68. The van der Waals surface area contributed by atoms with Crippen molar-refractivity contribution < 1.29 is 14.5 Å². The van der Waals surface area contributed by atoms with Crippen molar-refractivity contribution in [2.24, 2.45) is 0 Å². The molecule has 94 valence electrons. The number of nitrogens with zero attached hydrogens (tertiary/aromatic N) is 2. The molecule has 1 unspecified atom stereocenters. The van der Waals surface area contributed by atoms with Crippen LogP contribution in [0, 0.1) is 21.4 Å². The molecule has 0 fully saturated rings. The Labute approximate surface area is 108 Å². The highest BCUT2D eigenvalue weighted by Gasteiger charge is 2.25. The zero-order chi connectivity index (χ0) is 13.7. The van der Waals surface area contributed by atoms with Gasteiger partial charge in [-0.15, -0.1) is 0 Å². The summed E-state index contributed by atoms with van der Waals surface area (Å²) in [6.07, 6.45) is 0. The number of rotatable bonds is 4. The van der Waals surface area contributed by atoms with Crippen LogP contribution in [-0.4, -0.2) is 17.5 Å². The second kappa shape index (κ2) is 5.98. The quantitative estimate of drug-likeness (QED) is 0.475. The number of nitriles is 1. The van der Waals surface area contributed by atoms with Crippen LogP contribution < -0.4 is 0 Å². The van der Waals surface area contributed by atoms with E-state index in [9.17, 15) is 14.9 Å². The summed E-state index contributed by atoms with van der Waals surface area (Å²) >= 11 is 5.83. The van der Waals surface area contributed by atoms with Gasteiger partial charge in [0.2, 0.25) is 0 Å². The van der Waals surface area contributed by atoms with E-state index in [2.05, 4.69) is 0 Å². The van der Waals surface area contributed by atoms with Gasteiger partial charge in [-0.1, -0.05) is 11.6 Å². The molecule has 1 aromatic carbocycles. The van der Waals surface area contributed by atoms with Crippen molar-refractivity contribution in [3.05, 3.63) is 38.9 Å². The maximum atomic E-state index is 11.5. The van der Waals surface area contributed by atoms with Gasteiger partial charge in [0.05, 0.1) is 22.6 Å². The summed E-state index contributed by atoms with van der Waals surface area (Å²) in [5, 5.41) is 19.5. The maximum absolute atomic E-state index is 11.5. The lowest BCUT2D eigenvalue weighted by molar-refractivity contribution is -0.384. The van der Waals surface area contributed by atoms with Gasteiger partial charge in [-0.3, -0.25) is 14.9 Å². The van der Waals surface area contributed by atoms with Crippen LogP contribution in [0.1, 0.15) is 18.4 Å². The van der Waals surface area contributed by atoms with E-state index in [-0.39, 0.29) is 22.9 Å². The third-order valence-electron chi connectivity index (χ3n) is 2.16. The van der Waals surface area contributed by atoms with E-state index >= 15 is 0 Å². The Hall–Kier alpha value is -2.13. The molecule has 0 saturated carbocycles. The molecule has 0 aliphatic carbocycles. The van der Waals surface area contributed by atoms with Crippen LogP contribution in [0.15, 0.2) is 18.2 Å². The predicted octanol–water partition coefficient (Wildman–Crippen LogP) is 2.42. The summed E-state index contributed by atoms with van der Waals surface area (Å²) in [4.78, 5) is 21.4. The van der Waals surface area contributed by atoms with Crippen molar-refractivity contribution >= 4 is 23.3 Å². The Morgan fingerprint density at radius 3 is 2.78 bits per heavy atom. The fraction of sp³-hybridized carbons (Fsp3) is 0.273. The largest absolute Gasteiger partial charge is 0.465 e. The fourth-order valence-electron chi connectivity index (χ4n) is 1.34. The van der Waals surface area contributed by atoms with Gasteiger partial charge >= 0.3 is 5.97 Å². The molecule has 0 aromatic heterocycles. The Bertz CT molecular complexity index is 524. The minimum Gasteiger partial charge on any atom is -0.465 e. The third-order valence-corrected chi connectivity index (χ3v) is 2.48. The highest BCUT2D eigenvalue weighted by molar-refractivity contribution is 6.32. The molecular formula is C11H9ClN2O4. The number of halogens is 1. The molecule has 0 spiro atoms. The minimum absolute atomic E-state index is 0.0104. The predicted molar refractivity (Wildman–Crippen MR) is 63.1 cm³/mol. The Morgan fingerprint density at radius 2 is 2.33 bits per heavy atom. The Balaban J connectivity index is 3.12. The summed E-state index contributed by atoms with van der Waals surface area (Å²) < 4.78 is 4.73. The van der Waals surface area contributed by atoms with E-state index in [4.69, 9.17) is 21.6 Å². The van der Waals surface area contributed by atoms with Crippen molar-refractivity contribution in [1.82, 2.24) is 0 Å². The van der Waals surface area contributed by atoms with Gasteiger partial charge in [0, 0.05) is 12.1 Å². The molecule has 0 saturated heterocycles. The number of hydrogen-bond donors (Lipinski definition) is 0. The number of ether oxygens (including phenoxy) is 1. The van der Waals surface area contributed by atoms with Crippen LogP contribution in [0.5, 0.6) is 0 Å². The average molecular weight is 269 g/mol. The van der Waals surface area contributed by atoms with Crippen LogP contribution in [0.4, 0.5) is 5.69 Å². The molecule has 0 radical (unpaired) electrons. The van der Waals surface area contributed by atoms with Crippen molar-refractivity contribution in [1.29, 1.82) is 5.26 Å². The second-order valence-electron chi connectivity index (χ2n) is 3.28. The molecule has 6 nitrogen and oxygen atoms in total. The summed E-state index contributed by atoms with van der Waals surface area (Å²) in [6, 6.07) is 5.33. The first-order valence-electron chi connectivity index (χ1n) is 5.01. The first kappa shape index (κ1) is 13.9. The number of carbonyl (C=O) groups excluding carboxylic acids is 1. The lowest BCUT2D eigenvalue weighted by atomic mass is 10.0. The van der Waals surface area contributed by atoms with Crippen LogP contribution >= 0.6 is 11.6 Å². The van der Waals surface area contributed by atoms with Gasteiger partial charge in [-0.05, 0) is 18.6 Å². The van der Waals surface area contributed by atoms with E-state index in [1.165, 1.54) is 12.1 Å². The maximum Gasteiger partial charge on any atom is 0.327 e. The Kier molecular flexibility index (Phi) is 4.63. The molecule has 0 bridgehead atoms. The number of nitro benzene ring substituents is 1. The molecule has 18 heavy (non-hydrogen) atoms. The number of esters is 1. The van der Waals surface area contributed by atoms with Gasteiger partial charge in [-0.25, -0.2) is 0 Å².